The van der Waals surface area contributed by atoms with E-state index in [9.17, 15) is 19.5 Å². The van der Waals surface area contributed by atoms with Gasteiger partial charge in [0.15, 0.2) is 12.4 Å². The van der Waals surface area contributed by atoms with Crippen molar-refractivity contribution in [1.29, 1.82) is 0 Å². The second kappa shape index (κ2) is 52.3. The number of allylic oxidation sites excluding steroid dienone is 18. The highest BCUT2D eigenvalue weighted by molar-refractivity contribution is 5.70. The summed E-state index contributed by atoms with van der Waals surface area (Å²) in [6, 6.07) is 0. The van der Waals surface area contributed by atoms with Crippen LogP contribution in [-0.2, 0) is 33.3 Å². The minimum Gasteiger partial charge on any atom is -0.545 e. The second-order valence-corrected chi connectivity index (χ2v) is 19.5. The molecule has 0 spiro atoms. The molecule has 9 nitrogen and oxygen atoms in total. The van der Waals surface area contributed by atoms with E-state index in [2.05, 4.69) is 123 Å². The molecule has 0 radical (unpaired) electrons. The third kappa shape index (κ3) is 53.6. The first-order chi connectivity index (χ1) is 34.6. The fourth-order valence-electron chi connectivity index (χ4n) is 7.24. The van der Waals surface area contributed by atoms with Crippen LogP contribution in [0.5, 0.6) is 0 Å². The van der Waals surface area contributed by atoms with Gasteiger partial charge in [-0.2, -0.15) is 0 Å². The lowest BCUT2D eigenvalue weighted by molar-refractivity contribution is -0.870. The molecule has 2 unspecified atom stereocenters. The van der Waals surface area contributed by atoms with Crippen molar-refractivity contribution in [3.8, 4) is 0 Å². The molecule has 0 bridgehead atoms. The van der Waals surface area contributed by atoms with Gasteiger partial charge < -0.3 is 33.3 Å². The smallest absolute Gasteiger partial charge is 0.306 e. The zero-order chi connectivity index (χ0) is 52.0. The monoisotopic (exact) mass is 990 g/mol. The highest BCUT2D eigenvalue weighted by Gasteiger charge is 2.21. The molecule has 0 aliphatic heterocycles. The molecule has 0 aliphatic rings. The molecule has 0 N–H and O–H groups in total. The fraction of sp³-hybridized carbons (Fsp3) is 0.661. The molecule has 0 rings (SSSR count). The molecule has 0 saturated heterocycles. The van der Waals surface area contributed by atoms with Crippen molar-refractivity contribution in [3.05, 3.63) is 109 Å². The Balaban J connectivity index is 4.41. The van der Waals surface area contributed by atoms with Gasteiger partial charge in [0.25, 0.3) is 0 Å². The minimum absolute atomic E-state index is 0.132. The quantitative estimate of drug-likeness (QED) is 0.0195. The molecular formula is C62H103NO8. The number of carboxylic acid groups (broad SMARTS) is 1. The summed E-state index contributed by atoms with van der Waals surface area (Å²) in [4.78, 5) is 37.2. The van der Waals surface area contributed by atoms with Crippen molar-refractivity contribution in [2.24, 2.45) is 0 Å². The van der Waals surface area contributed by atoms with Gasteiger partial charge in [-0.1, -0.05) is 226 Å². The number of hydrogen-bond acceptors (Lipinski definition) is 8. The maximum Gasteiger partial charge on any atom is 0.306 e. The number of aliphatic carboxylic acids is 1. The number of carbonyl (C=O) groups is 3. The van der Waals surface area contributed by atoms with E-state index in [-0.39, 0.29) is 38.6 Å². The molecule has 404 valence electrons. The first kappa shape index (κ1) is 67.0. The largest absolute Gasteiger partial charge is 0.545 e. The molecule has 0 aromatic rings. The summed E-state index contributed by atoms with van der Waals surface area (Å²) in [7, 11) is 5.89. The second-order valence-electron chi connectivity index (χ2n) is 19.5. The lowest BCUT2D eigenvalue weighted by Gasteiger charge is -2.26. The third-order valence-electron chi connectivity index (χ3n) is 11.5. The zero-order valence-electron chi connectivity index (χ0n) is 45.8. The van der Waals surface area contributed by atoms with Gasteiger partial charge in [-0.3, -0.25) is 9.59 Å². The summed E-state index contributed by atoms with van der Waals surface area (Å²) >= 11 is 0. The Morgan fingerprint density at radius 1 is 0.437 bits per heavy atom. The summed E-state index contributed by atoms with van der Waals surface area (Å²) in [5.41, 5.74) is 0. The van der Waals surface area contributed by atoms with Crippen molar-refractivity contribution in [3.63, 3.8) is 0 Å². The molecular weight excluding hydrogens is 887 g/mol. The average molecular weight is 991 g/mol. The third-order valence-corrected chi connectivity index (χ3v) is 11.5. The number of likely N-dealkylation sites (N-methyl/N-ethyl adjacent to an activating group) is 1. The van der Waals surface area contributed by atoms with E-state index < -0.39 is 24.3 Å². The predicted molar refractivity (Wildman–Crippen MR) is 297 cm³/mol. The highest BCUT2D eigenvalue weighted by atomic mass is 16.7. The van der Waals surface area contributed by atoms with Gasteiger partial charge in [-0.15, -0.1) is 0 Å². The molecule has 0 fully saturated rings. The normalized spacial score (nSPS) is 13.6. The lowest BCUT2D eigenvalue weighted by atomic mass is 10.0. The van der Waals surface area contributed by atoms with Crippen LogP contribution in [0.25, 0.3) is 0 Å². The number of carboxylic acids is 1. The van der Waals surface area contributed by atoms with Crippen LogP contribution in [-0.4, -0.2) is 82.3 Å². The maximum atomic E-state index is 12.8. The van der Waals surface area contributed by atoms with Crippen LogP contribution in [0.2, 0.25) is 0 Å². The zero-order valence-corrected chi connectivity index (χ0v) is 45.8. The lowest BCUT2D eigenvalue weighted by Crippen LogP contribution is -2.44. The van der Waals surface area contributed by atoms with E-state index in [1.807, 2.05) is 21.1 Å². The van der Waals surface area contributed by atoms with Crippen molar-refractivity contribution < 1.29 is 42.9 Å². The number of esters is 2. The summed E-state index contributed by atoms with van der Waals surface area (Å²) in [5, 5.41) is 11.8. The predicted octanol–water partition coefficient (Wildman–Crippen LogP) is 15.0. The van der Waals surface area contributed by atoms with Gasteiger partial charge in [0.1, 0.15) is 13.2 Å². The number of unbranched alkanes of at least 4 members (excludes halogenated alkanes) is 17. The Morgan fingerprint density at radius 2 is 0.803 bits per heavy atom. The fourth-order valence-corrected chi connectivity index (χ4v) is 7.24. The Morgan fingerprint density at radius 3 is 1.18 bits per heavy atom. The molecule has 71 heavy (non-hydrogen) atoms. The van der Waals surface area contributed by atoms with Gasteiger partial charge >= 0.3 is 11.9 Å². The van der Waals surface area contributed by atoms with Crippen molar-refractivity contribution in [1.82, 2.24) is 0 Å². The minimum atomic E-state index is -1.64. The number of rotatable bonds is 50. The van der Waals surface area contributed by atoms with Crippen LogP contribution in [0, 0.1) is 0 Å². The molecule has 0 aliphatic carbocycles. The standard InChI is InChI=1S/C62H103NO8/c1-6-8-10-12-14-16-18-20-22-24-25-26-27-28-29-30-31-32-33-34-35-37-39-41-43-45-47-49-51-53-60(65)71-58(57-70-62(61(66)67)68-55-54-63(3,4)5)56-69-59(64)52-50-48-46-44-42-40-38-36-23-21-19-17-15-13-11-9-7-2/h8,10,14,16,20,22,25-26,28-29,31-32,34-35,39,41,45,47,58,62H,6-7,9,11-13,15,17-19,21,23-24,27,30,33,36-38,40,42-44,46,48-57H2,1-5H3/b10-8-,16-14-,22-20-,26-25-,29-28-,32-31-,35-34-,41-39-,47-45-. The summed E-state index contributed by atoms with van der Waals surface area (Å²) in [6.07, 6.45) is 68.5. The molecule has 2 atom stereocenters. The Labute approximate surface area is 434 Å². The average Bonchev–Trinajstić information content (AvgIpc) is 3.34. The summed E-state index contributed by atoms with van der Waals surface area (Å²) < 4.78 is 22.6. The van der Waals surface area contributed by atoms with Crippen LogP contribution < -0.4 is 5.11 Å². The van der Waals surface area contributed by atoms with Crippen molar-refractivity contribution >= 4 is 17.9 Å². The molecule has 0 amide bonds. The van der Waals surface area contributed by atoms with E-state index >= 15 is 0 Å². The van der Waals surface area contributed by atoms with Gasteiger partial charge in [0.05, 0.1) is 40.3 Å². The number of nitrogens with zero attached hydrogens (tertiary/aromatic N) is 1. The van der Waals surface area contributed by atoms with Gasteiger partial charge in [0.2, 0.25) is 0 Å². The SMILES string of the molecule is CC/C=C\C/C=C\C/C=C\C/C=C\C/C=C\C/C=C\C/C=C\C/C=C\C/C=C\CCCC(=O)OC(COC(=O)CCCCCCCCCCCCCCCCCCC)COC(OCC[N+](C)(C)C)C(=O)[O-]. The van der Waals surface area contributed by atoms with Gasteiger partial charge in [-0.05, 0) is 77.0 Å². The van der Waals surface area contributed by atoms with E-state index in [0.29, 0.717) is 23.9 Å². The summed E-state index contributed by atoms with van der Waals surface area (Å²) in [5.74, 6) is -2.37. The van der Waals surface area contributed by atoms with Crippen molar-refractivity contribution in [2.75, 3.05) is 47.5 Å². The van der Waals surface area contributed by atoms with Gasteiger partial charge in [0, 0.05) is 12.8 Å². The number of ether oxygens (including phenoxy) is 4. The maximum absolute atomic E-state index is 12.8. The van der Waals surface area contributed by atoms with Crippen LogP contribution in [0.1, 0.15) is 206 Å². The number of hydrogen-bond donors (Lipinski definition) is 0. The Hall–Kier alpha value is -4.05. The molecule has 0 aromatic carbocycles. The Kier molecular flexibility index (Phi) is 49.3. The Bertz CT molecular complexity index is 1530. The van der Waals surface area contributed by atoms with Crippen LogP contribution in [0.4, 0.5) is 0 Å². The van der Waals surface area contributed by atoms with Gasteiger partial charge in [-0.25, -0.2) is 0 Å². The van der Waals surface area contributed by atoms with Crippen molar-refractivity contribution in [2.45, 2.75) is 219 Å². The van der Waals surface area contributed by atoms with E-state index in [4.69, 9.17) is 18.9 Å². The highest BCUT2D eigenvalue weighted by Crippen LogP contribution is 2.15. The first-order valence-electron chi connectivity index (χ1n) is 28.0. The van der Waals surface area contributed by atoms with Crippen LogP contribution in [0.15, 0.2) is 109 Å². The molecule has 0 saturated carbocycles. The molecule has 0 aromatic heterocycles. The van der Waals surface area contributed by atoms with E-state index in [0.717, 1.165) is 77.0 Å². The molecule has 9 heteroatoms. The van der Waals surface area contributed by atoms with E-state index in [1.54, 1.807) is 0 Å². The first-order valence-corrected chi connectivity index (χ1v) is 28.0. The summed E-state index contributed by atoms with van der Waals surface area (Å²) in [6.45, 7) is 4.56. The topological polar surface area (TPSA) is 111 Å². The molecule has 0 heterocycles. The number of carbonyl (C=O) groups excluding carboxylic acids is 3. The van der Waals surface area contributed by atoms with Crippen LogP contribution >= 0.6 is 0 Å². The van der Waals surface area contributed by atoms with E-state index in [1.165, 1.54) is 89.9 Å². The number of quaternary nitrogens is 1. The van der Waals surface area contributed by atoms with Crippen LogP contribution in [0.3, 0.4) is 0 Å².